The summed E-state index contributed by atoms with van der Waals surface area (Å²) >= 11 is 3.05. The standard InChI is InChI=1S/C11H15N5OS2/c1-8(19-11-13-14-15-16(11)2)10(17)12-6-5-9-4-3-7-18-9/h3-4,7-8H,5-6H2,1-2H3,(H,12,17)/t8-/m0/s1. The van der Waals surface area contributed by atoms with E-state index in [0.29, 0.717) is 11.7 Å². The highest BCUT2D eigenvalue weighted by Crippen LogP contribution is 2.19. The third-order valence-corrected chi connectivity index (χ3v) is 4.54. The van der Waals surface area contributed by atoms with Crippen molar-refractivity contribution in [2.45, 2.75) is 23.8 Å². The van der Waals surface area contributed by atoms with Gasteiger partial charge in [0.05, 0.1) is 5.25 Å². The summed E-state index contributed by atoms with van der Waals surface area (Å²) in [4.78, 5) is 13.2. The number of nitrogens with one attached hydrogen (secondary N) is 1. The number of hydrogen-bond acceptors (Lipinski definition) is 6. The SMILES string of the molecule is C[C@H](Sc1nnnn1C)C(=O)NCCc1cccs1. The molecule has 2 aromatic heterocycles. The molecule has 1 N–H and O–H groups in total. The van der Waals surface area contributed by atoms with Gasteiger partial charge in [-0.25, -0.2) is 4.68 Å². The van der Waals surface area contributed by atoms with Crippen LogP contribution in [0.3, 0.4) is 0 Å². The predicted octanol–water partition coefficient (Wildman–Crippen LogP) is 1.11. The molecule has 2 heterocycles. The summed E-state index contributed by atoms with van der Waals surface area (Å²) in [5.41, 5.74) is 0. The Morgan fingerprint density at radius 1 is 1.63 bits per heavy atom. The Balaban J connectivity index is 1.75. The molecule has 0 saturated carbocycles. The molecular weight excluding hydrogens is 282 g/mol. The quantitative estimate of drug-likeness (QED) is 0.809. The number of amides is 1. The first-order valence-electron chi connectivity index (χ1n) is 5.86. The highest BCUT2D eigenvalue weighted by molar-refractivity contribution is 8.00. The van der Waals surface area contributed by atoms with E-state index in [1.165, 1.54) is 16.6 Å². The zero-order chi connectivity index (χ0) is 13.7. The molecular formula is C11H15N5OS2. The minimum atomic E-state index is -0.215. The fourth-order valence-electron chi connectivity index (χ4n) is 1.44. The third kappa shape index (κ3) is 4.03. The van der Waals surface area contributed by atoms with Crippen LogP contribution in [-0.4, -0.2) is 37.9 Å². The van der Waals surface area contributed by atoms with Crippen molar-refractivity contribution in [3.63, 3.8) is 0 Å². The van der Waals surface area contributed by atoms with Crippen molar-refractivity contribution >= 4 is 29.0 Å². The summed E-state index contributed by atoms with van der Waals surface area (Å²) in [6.07, 6.45) is 0.867. The molecule has 0 aliphatic heterocycles. The molecule has 0 spiro atoms. The summed E-state index contributed by atoms with van der Waals surface area (Å²) in [5, 5.41) is 16.5. The van der Waals surface area contributed by atoms with E-state index in [1.807, 2.05) is 18.4 Å². The van der Waals surface area contributed by atoms with E-state index in [1.54, 1.807) is 23.1 Å². The molecule has 0 aromatic carbocycles. The number of thiophene rings is 1. The highest BCUT2D eigenvalue weighted by Gasteiger charge is 2.17. The van der Waals surface area contributed by atoms with Crippen molar-refractivity contribution in [1.29, 1.82) is 0 Å². The summed E-state index contributed by atoms with van der Waals surface area (Å²) in [6.45, 7) is 2.50. The molecule has 0 bridgehead atoms. The third-order valence-electron chi connectivity index (χ3n) is 2.48. The van der Waals surface area contributed by atoms with Crippen LogP contribution in [0.15, 0.2) is 22.7 Å². The fraction of sp³-hybridized carbons (Fsp3) is 0.455. The largest absolute Gasteiger partial charge is 0.355 e. The number of rotatable bonds is 6. The van der Waals surface area contributed by atoms with Crippen LogP contribution in [0.4, 0.5) is 0 Å². The zero-order valence-corrected chi connectivity index (χ0v) is 12.4. The van der Waals surface area contributed by atoms with E-state index >= 15 is 0 Å². The van der Waals surface area contributed by atoms with E-state index in [-0.39, 0.29) is 11.2 Å². The van der Waals surface area contributed by atoms with Gasteiger partial charge in [-0.2, -0.15) is 0 Å². The van der Waals surface area contributed by atoms with E-state index in [0.717, 1.165) is 6.42 Å². The van der Waals surface area contributed by atoms with Crippen LogP contribution >= 0.6 is 23.1 Å². The fourth-order valence-corrected chi connectivity index (χ4v) is 2.93. The molecule has 0 aliphatic carbocycles. The van der Waals surface area contributed by atoms with Crippen molar-refractivity contribution in [3.05, 3.63) is 22.4 Å². The molecule has 2 rings (SSSR count). The molecule has 6 nitrogen and oxygen atoms in total. The number of thioether (sulfide) groups is 1. The monoisotopic (exact) mass is 297 g/mol. The Bertz CT molecular complexity index is 525. The van der Waals surface area contributed by atoms with Crippen molar-refractivity contribution in [3.8, 4) is 0 Å². The van der Waals surface area contributed by atoms with Crippen LogP contribution in [0.25, 0.3) is 0 Å². The second-order valence-corrected chi connectivity index (χ2v) is 6.31. The van der Waals surface area contributed by atoms with E-state index in [4.69, 9.17) is 0 Å². The van der Waals surface area contributed by atoms with Gasteiger partial charge >= 0.3 is 0 Å². The maximum atomic E-state index is 11.9. The zero-order valence-electron chi connectivity index (χ0n) is 10.7. The topological polar surface area (TPSA) is 72.7 Å². The van der Waals surface area contributed by atoms with E-state index in [2.05, 4.69) is 26.9 Å². The Labute approximate surface area is 119 Å². The number of carbonyl (C=O) groups excluding carboxylic acids is 1. The van der Waals surface area contributed by atoms with Crippen molar-refractivity contribution in [2.75, 3.05) is 6.54 Å². The van der Waals surface area contributed by atoms with Crippen LogP contribution < -0.4 is 5.32 Å². The lowest BCUT2D eigenvalue weighted by Crippen LogP contribution is -2.32. The van der Waals surface area contributed by atoms with Crippen molar-refractivity contribution in [1.82, 2.24) is 25.5 Å². The molecule has 1 atom stereocenters. The Hall–Kier alpha value is -1.41. The molecule has 2 aromatic rings. The molecule has 0 saturated heterocycles. The summed E-state index contributed by atoms with van der Waals surface area (Å²) in [7, 11) is 1.75. The number of hydrogen-bond donors (Lipinski definition) is 1. The molecule has 0 aliphatic rings. The minimum Gasteiger partial charge on any atom is -0.355 e. The lowest BCUT2D eigenvalue weighted by Gasteiger charge is -2.10. The maximum absolute atomic E-state index is 11.9. The van der Waals surface area contributed by atoms with Gasteiger partial charge in [0, 0.05) is 18.5 Å². The smallest absolute Gasteiger partial charge is 0.233 e. The van der Waals surface area contributed by atoms with Crippen molar-refractivity contribution in [2.24, 2.45) is 7.05 Å². The van der Waals surface area contributed by atoms with Gasteiger partial charge in [-0.05, 0) is 35.2 Å². The van der Waals surface area contributed by atoms with Gasteiger partial charge in [-0.3, -0.25) is 4.79 Å². The highest BCUT2D eigenvalue weighted by atomic mass is 32.2. The lowest BCUT2D eigenvalue weighted by atomic mass is 10.3. The lowest BCUT2D eigenvalue weighted by molar-refractivity contribution is -0.120. The van der Waals surface area contributed by atoms with Gasteiger partial charge in [-0.15, -0.1) is 16.4 Å². The van der Waals surface area contributed by atoms with Crippen LogP contribution in [0.1, 0.15) is 11.8 Å². The van der Waals surface area contributed by atoms with Gasteiger partial charge in [0.15, 0.2) is 0 Å². The molecule has 0 fully saturated rings. The predicted molar refractivity (Wildman–Crippen MR) is 75.1 cm³/mol. The average Bonchev–Trinajstić information content (AvgIpc) is 3.02. The average molecular weight is 297 g/mol. The summed E-state index contributed by atoms with van der Waals surface area (Å²) in [5.74, 6) is 0.00422. The number of tetrazole rings is 1. The number of aryl methyl sites for hydroxylation is 1. The van der Waals surface area contributed by atoms with Gasteiger partial charge < -0.3 is 5.32 Å². The number of nitrogens with zero attached hydrogens (tertiary/aromatic N) is 4. The normalized spacial score (nSPS) is 12.3. The van der Waals surface area contributed by atoms with Crippen LogP contribution in [0.2, 0.25) is 0 Å². The molecule has 0 unspecified atom stereocenters. The van der Waals surface area contributed by atoms with Gasteiger partial charge in [0.25, 0.3) is 0 Å². The summed E-state index contributed by atoms with van der Waals surface area (Å²) in [6, 6.07) is 4.08. The summed E-state index contributed by atoms with van der Waals surface area (Å²) < 4.78 is 1.56. The van der Waals surface area contributed by atoms with E-state index in [9.17, 15) is 4.79 Å². The van der Waals surface area contributed by atoms with E-state index < -0.39 is 0 Å². The molecule has 8 heteroatoms. The van der Waals surface area contributed by atoms with Crippen LogP contribution in [0.5, 0.6) is 0 Å². The molecule has 0 radical (unpaired) electrons. The van der Waals surface area contributed by atoms with Gasteiger partial charge in [0.2, 0.25) is 11.1 Å². The van der Waals surface area contributed by atoms with Gasteiger partial charge in [0.1, 0.15) is 0 Å². The molecule has 19 heavy (non-hydrogen) atoms. The Kier molecular flexibility index (Phi) is 4.92. The maximum Gasteiger partial charge on any atom is 0.233 e. The van der Waals surface area contributed by atoms with Crippen LogP contribution in [0, 0.1) is 0 Å². The van der Waals surface area contributed by atoms with Crippen molar-refractivity contribution < 1.29 is 4.79 Å². The first-order chi connectivity index (χ1) is 9.16. The van der Waals surface area contributed by atoms with Crippen LogP contribution in [-0.2, 0) is 18.3 Å². The minimum absolute atomic E-state index is 0.00422. The number of aromatic nitrogens is 4. The Morgan fingerprint density at radius 3 is 3.11 bits per heavy atom. The second kappa shape index (κ2) is 6.67. The molecule has 1 amide bonds. The molecule has 102 valence electrons. The first kappa shape index (κ1) is 14.0. The number of carbonyl (C=O) groups is 1. The first-order valence-corrected chi connectivity index (χ1v) is 7.62. The second-order valence-electron chi connectivity index (χ2n) is 3.97. The Morgan fingerprint density at radius 2 is 2.47 bits per heavy atom. The van der Waals surface area contributed by atoms with Gasteiger partial charge in [-0.1, -0.05) is 17.8 Å².